The smallest absolute Gasteiger partial charge is 0.337 e. The molecule has 2 N–H and O–H groups in total. The molecule has 0 aromatic heterocycles. The van der Waals surface area contributed by atoms with E-state index < -0.39 is 12.0 Å². The number of carbonyl (C=O) groups is 2. The van der Waals surface area contributed by atoms with Crippen molar-refractivity contribution in [2.45, 2.75) is 19.9 Å². The standard InChI is InChI=1S/C14H16N2O3/c1-8-5-4-6-10(7-8)12-11(13(17)19-3)9(2)15-14(18)16-12/h4-7,12H,1-3H3,(H2,15,16,18)/t12-/m1/s1. The van der Waals surface area contributed by atoms with E-state index in [-0.39, 0.29) is 6.03 Å². The van der Waals surface area contributed by atoms with Crippen molar-refractivity contribution < 1.29 is 14.3 Å². The van der Waals surface area contributed by atoms with Gasteiger partial charge in [-0.15, -0.1) is 0 Å². The van der Waals surface area contributed by atoms with E-state index in [2.05, 4.69) is 10.6 Å². The Hall–Kier alpha value is -2.30. The van der Waals surface area contributed by atoms with E-state index in [4.69, 9.17) is 4.74 Å². The second-order valence-electron chi connectivity index (χ2n) is 4.48. The number of amides is 2. The summed E-state index contributed by atoms with van der Waals surface area (Å²) in [6.45, 7) is 3.65. The van der Waals surface area contributed by atoms with Gasteiger partial charge in [0.15, 0.2) is 0 Å². The number of hydrogen-bond donors (Lipinski definition) is 2. The summed E-state index contributed by atoms with van der Waals surface area (Å²) >= 11 is 0. The SMILES string of the molecule is COC(=O)C1=C(C)NC(=O)N[C@@H]1c1cccc(C)c1. The van der Waals surface area contributed by atoms with Crippen LogP contribution in [0.4, 0.5) is 4.79 Å². The molecule has 2 rings (SSSR count). The van der Waals surface area contributed by atoms with Crippen molar-refractivity contribution in [3.05, 3.63) is 46.7 Å². The fourth-order valence-electron chi connectivity index (χ4n) is 2.17. The summed E-state index contributed by atoms with van der Waals surface area (Å²) in [5.41, 5.74) is 2.86. The first kappa shape index (κ1) is 13.1. The van der Waals surface area contributed by atoms with E-state index in [0.717, 1.165) is 11.1 Å². The van der Waals surface area contributed by atoms with Crippen molar-refractivity contribution in [1.82, 2.24) is 10.6 Å². The summed E-state index contributed by atoms with van der Waals surface area (Å²) < 4.78 is 4.79. The van der Waals surface area contributed by atoms with Crippen LogP contribution in [0, 0.1) is 6.92 Å². The number of carbonyl (C=O) groups excluding carboxylic acids is 2. The van der Waals surface area contributed by atoms with Gasteiger partial charge in [0.1, 0.15) is 0 Å². The van der Waals surface area contributed by atoms with Gasteiger partial charge in [-0.05, 0) is 19.4 Å². The zero-order chi connectivity index (χ0) is 14.0. The topological polar surface area (TPSA) is 67.4 Å². The molecule has 2 amide bonds. The molecule has 5 heteroatoms. The second kappa shape index (κ2) is 5.14. The molecule has 0 saturated heterocycles. The van der Waals surface area contributed by atoms with Crippen LogP contribution in [0.25, 0.3) is 0 Å². The van der Waals surface area contributed by atoms with E-state index in [1.807, 2.05) is 31.2 Å². The Morgan fingerprint density at radius 1 is 1.32 bits per heavy atom. The molecular weight excluding hydrogens is 244 g/mol. The third kappa shape index (κ3) is 2.59. The molecular formula is C14H16N2O3. The van der Waals surface area contributed by atoms with Crippen LogP contribution in [0.3, 0.4) is 0 Å². The normalized spacial score (nSPS) is 18.7. The first-order valence-corrected chi connectivity index (χ1v) is 5.96. The third-order valence-electron chi connectivity index (χ3n) is 3.05. The molecule has 19 heavy (non-hydrogen) atoms. The Labute approximate surface area is 111 Å². The Morgan fingerprint density at radius 3 is 2.68 bits per heavy atom. The summed E-state index contributed by atoms with van der Waals surface area (Å²) in [4.78, 5) is 23.5. The first-order valence-electron chi connectivity index (χ1n) is 5.96. The van der Waals surface area contributed by atoms with Gasteiger partial charge in [-0.1, -0.05) is 29.8 Å². The lowest BCUT2D eigenvalue weighted by Crippen LogP contribution is -2.45. The molecule has 0 unspecified atom stereocenters. The fourth-order valence-corrected chi connectivity index (χ4v) is 2.17. The zero-order valence-corrected chi connectivity index (χ0v) is 11.1. The van der Waals surface area contributed by atoms with Crippen molar-refractivity contribution >= 4 is 12.0 Å². The molecule has 0 spiro atoms. The highest BCUT2D eigenvalue weighted by atomic mass is 16.5. The molecule has 0 bridgehead atoms. The lowest BCUT2D eigenvalue weighted by molar-refractivity contribution is -0.136. The van der Waals surface area contributed by atoms with Crippen molar-refractivity contribution in [2.24, 2.45) is 0 Å². The second-order valence-corrected chi connectivity index (χ2v) is 4.48. The van der Waals surface area contributed by atoms with E-state index in [0.29, 0.717) is 11.3 Å². The van der Waals surface area contributed by atoms with Gasteiger partial charge in [-0.3, -0.25) is 0 Å². The quantitative estimate of drug-likeness (QED) is 0.797. The molecule has 5 nitrogen and oxygen atoms in total. The number of nitrogens with one attached hydrogen (secondary N) is 2. The number of urea groups is 1. The van der Waals surface area contributed by atoms with Gasteiger partial charge in [-0.25, -0.2) is 9.59 Å². The van der Waals surface area contributed by atoms with E-state index in [1.165, 1.54) is 7.11 Å². The molecule has 1 atom stereocenters. The third-order valence-corrected chi connectivity index (χ3v) is 3.05. The fraction of sp³-hybridized carbons (Fsp3) is 0.286. The van der Waals surface area contributed by atoms with E-state index in [1.54, 1.807) is 6.92 Å². The van der Waals surface area contributed by atoms with Gasteiger partial charge in [0, 0.05) is 5.70 Å². The minimum absolute atomic E-state index is 0.323. The molecule has 0 radical (unpaired) electrons. The van der Waals surface area contributed by atoms with Crippen LogP contribution in [0.5, 0.6) is 0 Å². The number of ether oxygens (including phenoxy) is 1. The molecule has 0 saturated carbocycles. The van der Waals surface area contributed by atoms with Gasteiger partial charge < -0.3 is 15.4 Å². The average molecular weight is 260 g/mol. The summed E-state index contributed by atoms with van der Waals surface area (Å²) in [6.07, 6.45) is 0. The van der Waals surface area contributed by atoms with Crippen molar-refractivity contribution in [3.8, 4) is 0 Å². The lowest BCUT2D eigenvalue weighted by Gasteiger charge is -2.28. The van der Waals surface area contributed by atoms with Crippen molar-refractivity contribution in [2.75, 3.05) is 7.11 Å². The maximum atomic E-state index is 11.9. The van der Waals surface area contributed by atoms with Crippen LogP contribution in [0.1, 0.15) is 24.1 Å². The van der Waals surface area contributed by atoms with E-state index in [9.17, 15) is 9.59 Å². The van der Waals surface area contributed by atoms with Crippen LogP contribution in [-0.4, -0.2) is 19.1 Å². The number of allylic oxidation sites excluding steroid dienone is 1. The number of aryl methyl sites for hydroxylation is 1. The molecule has 0 aliphatic carbocycles. The Morgan fingerprint density at radius 2 is 2.05 bits per heavy atom. The van der Waals surface area contributed by atoms with E-state index >= 15 is 0 Å². The number of benzene rings is 1. The largest absolute Gasteiger partial charge is 0.466 e. The van der Waals surface area contributed by atoms with Crippen molar-refractivity contribution in [3.63, 3.8) is 0 Å². The minimum Gasteiger partial charge on any atom is -0.466 e. The molecule has 0 fully saturated rings. The molecule has 1 aliphatic heterocycles. The van der Waals surface area contributed by atoms with Gasteiger partial charge >= 0.3 is 12.0 Å². The molecule has 1 aromatic rings. The highest BCUT2D eigenvalue weighted by Crippen LogP contribution is 2.27. The summed E-state index contributed by atoms with van der Waals surface area (Å²) in [5, 5.41) is 5.33. The van der Waals surface area contributed by atoms with Crippen LogP contribution >= 0.6 is 0 Å². The lowest BCUT2D eigenvalue weighted by atomic mass is 9.94. The summed E-state index contributed by atoms with van der Waals surface area (Å²) in [7, 11) is 1.33. The highest BCUT2D eigenvalue weighted by Gasteiger charge is 2.31. The molecule has 1 aromatic carbocycles. The van der Waals surface area contributed by atoms with Crippen LogP contribution in [0.15, 0.2) is 35.5 Å². The van der Waals surface area contributed by atoms with Gasteiger partial charge in [0.2, 0.25) is 0 Å². The van der Waals surface area contributed by atoms with Gasteiger partial charge in [-0.2, -0.15) is 0 Å². The molecule has 1 aliphatic rings. The maximum absolute atomic E-state index is 11.9. The Kier molecular flexibility index (Phi) is 3.55. The number of hydrogen-bond acceptors (Lipinski definition) is 3. The average Bonchev–Trinajstić information content (AvgIpc) is 2.37. The predicted octanol–water partition coefficient (Wildman–Crippen LogP) is 1.80. The number of rotatable bonds is 2. The summed E-state index contributed by atoms with van der Waals surface area (Å²) in [5.74, 6) is -0.448. The predicted molar refractivity (Wildman–Crippen MR) is 70.3 cm³/mol. The Balaban J connectivity index is 2.49. The van der Waals surface area contributed by atoms with Gasteiger partial charge in [0.25, 0.3) is 0 Å². The minimum atomic E-state index is -0.485. The zero-order valence-electron chi connectivity index (χ0n) is 11.1. The summed E-state index contributed by atoms with van der Waals surface area (Å²) in [6, 6.07) is 6.85. The highest BCUT2D eigenvalue weighted by molar-refractivity contribution is 5.94. The molecule has 1 heterocycles. The first-order chi connectivity index (χ1) is 9.02. The number of methoxy groups -OCH3 is 1. The van der Waals surface area contributed by atoms with Crippen molar-refractivity contribution in [1.29, 1.82) is 0 Å². The molecule has 100 valence electrons. The van der Waals surface area contributed by atoms with Crippen LogP contribution in [0.2, 0.25) is 0 Å². The van der Waals surface area contributed by atoms with Crippen LogP contribution < -0.4 is 10.6 Å². The van der Waals surface area contributed by atoms with Gasteiger partial charge in [0.05, 0.1) is 18.7 Å². The Bertz CT molecular complexity index is 564. The maximum Gasteiger partial charge on any atom is 0.337 e. The van der Waals surface area contributed by atoms with Crippen LogP contribution in [-0.2, 0) is 9.53 Å². The monoisotopic (exact) mass is 260 g/mol. The number of esters is 1.